The molecule has 1 aromatic carbocycles. The monoisotopic (exact) mass is 282 g/mol. The van der Waals surface area contributed by atoms with Crippen LogP contribution in [-0.2, 0) is 0 Å². The summed E-state index contributed by atoms with van der Waals surface area (Å²) in [5, 5.41) is -0.0113. The topological polar surface area (TPSA) is 73.9 Å². The summed E-state index contributed by atoms with van der Waals surface area (Å²) < 4.78 is 18.5. The first-order chi connectivity index (χ1) is 8.95. The van der Waals surface area contributed by atoms with Gasteiger partial charge in [-0.25, -0.2) is 4.39 Å². The molecule has 1 heterocycles. The maximum absolute atomic E-state index is 13.1. The normalized spacial score (nSPS) is 10.8. The van der Waals surface area contributed by atoms with Crippen molar-refractivity contribution in [1.82, 2.24) is 15.0 Å². The van der Waals surface area contributed by atoms with Gasteiger partial charge in [0.25, 0.3) is 0 Å². The van der Waals surface area contributed by atoms with Crippen LogP contribution in [0.3, 0.4) is 0 Å². The van der Waals surface area contributed by atoms with Gasteiger partial charge in [0.15, 0.2) is 5.82 Å². The van der Waals surface area contributed by atoms with Gasteiger partial charge in [-0.15, -0.1) is 0 Å². The minimum absolute atomic E-state index is 0.0113. The summed E-state index contributed by atoms with van der Waals surface area (Å²) in [7, 11) is 0. The lowest BCUT2D eigenvalue weighted by atomic mass is 10.2. The van der Waals surface area contributed by atoms with Crippen molar-refractivity contribution in [2.75, 3.05) is 5.73 Å². The molecule has 1 aromatic heterocycles. The van der Waals surface area contributed by atoms with Gasteiger partial charge < -0.3 is 10.5 Å². The minimum Gasteiger partial charge on any atom is -0.461 e. The largest absolute Gasteiger partial charge is 0.461 e. The highest BCUT2D eigenvalue weighted by molar-refractivity contribution is 6.31. The van der Waals surface area contributed by atoms with E-state index in [4.69, 9.17) is 22.1 Å². The van der Waals surface area contributed by atoms with E-state index in [2.05, 4.69) is 15.0 Å². The summed E-state index contributed by atoms with van der Waals surface area (Å²) in [5.74, 6) is -0.197. The van der Waals surface area contributed by atoms with Crippen LogP contribution in [0.2, 0.25) is 5.02 Å². The van der Waals surface area contributed by atoms with Crippen molar-refractivity contribution in [2.45, 2.75) is 20.0 Å². The third-order valence-corrected chi connectivity index (χ3v) is 2.44. The molecule has 100 valence electrons. The number of nitrogens with two attached hydrogens (primary N) is 1. The molecule has 0 radical (unpaired) electrons. The van der Waals surface area contributed by atoms with Crippen LogP contribution in [0.5, 0.6) is 6.01 Å². The number of benzene rings is 1. The molecule has 5 nitrogen and oxygen atoms in total. The van der Waals surface area contributed by atoms with Gasteiger partial charge in [0.2, 0.25) is 5.95 Å². The highest BCUT2D eigenvalue weighted by Crippen LogP contribution is 2.23. The minimum atomic E-state index is -0.508. The Balaban J connectivity index is 2.43. The molecular weight excluding hydrogens is 271 g/mol. The molecule has 0 saturated carbocycles. The molecule has 2 aromatic rings. The molecule has 0 unspecified atom stereocenters. The molecular formula is C12H12ClFN4O. The SMILES string of the molecule is CC(C)Oc1nc(N)nc(-c2ccc(F)c(Cl)c2)n1. The van der Waals surface area contributed by atoms with Crippen molar-refractivity contribution in [1.29, 1.82) is 0 Å². The van der Waals surface area contributed by atoms with Crippen LogP contribution in [0.15, 0.2) is 18.2 Å². The first kappa shape index (κ1) is 13.5. The van der Waals surface area contributed by atoms with Crippen LogP contribution in [0.25, 0.3) is 11.4 Å². The highest BCUT2D eigenvalue weighted by Gasteiger charge is 2.10. The Morgan fingerprint density at radius 3 is 2.63 bits per heavy atom. The molecule has 0 saturated heterocycles. The molecule has 19 heavy (non-hydrogen) atoms. The molecule has 7 heteroatoms. The maximum atomic E-state index is 13.1. The fourth-order valence-electron chi connectivity index (χ4n) is 1.40. The van der Waals surface area contributed by atoms with E-state index in [0.29, 0.717) is 5.56 Å². The Morgan fingerprint density at radius 2 is 2.00 bits per heavy atom. The van der Waals surface area contributed by atoms with E-state index in [0.717, 1.165) is 0 Å². The Bertz CT molecular complexity index is 606. The zero-order valence-corrected chi connectivity index (χ0v) is 11.1. The second-order valence-electron chi connectivity index (χ2n) is 4.10. The number of aromatic nitrogens is 3. The van der Waals surface area contributed by atoms with Crippen molar-refractivity contribution in [3.8, 4) is 17.4 Å². The van der Waals surface area contributed by atoms with Gasteiger partial charge in [-0.1, -0.05) is 11.6 Å². The molecule has 0 atom stereocenters. The van der Waals surface area contributed by atoms with E-state index < -0.39 is 5.82 Å². The van der Waals surface area contributed by atoms with E-state index in [-0.39, 0.29) is 28.9 Å². The molecule has 0 aliphatic rings. The predicted octanol–water partition coefficient (Wildman–Crippen LogP) is 2.70. The summed E-state index contributed by atoms with van der Waals surface area (Å²) in [6.07, 6.45) is -0.0912. The smallest absolute Gasteiger partial charge is 0.322 e. The maximum Gasteiger partial charge on any atom is 0.322 e. The van der Waals surface area contributed by atoms with Crippen molar-refractivity contribution in [3.05, 3.63) is 29.0 Å². The van der Waals surface area contributed by atoms with Crippen LogP contribution < -0.4 is 10.5 Å². The van der Waals surface area contributed by atoms with Crippen LogP contribution in [0.4, 0.5) is 10.3 Å². The van der Waals surface area contributed by atoms with Crippen LogP contribution in [-0.4, -0.2) is 21.1 Å². The second-order valence-corrected chi connectivity index (χ2v) is 4.50. The lowest BCUT2D eigenvalue weighted by Gasteiger charge is -2.09. The molecule has 0 aliphatic carbocycles. The molecule has 0 bridgehead atoms. The van der Waals surface area contributed by atoms with E-state index in [1.807, 2.05) is 13.8 Å². The molecule has 0 aliphatic heterocycles. The van der Waals surface area contributed by atoms with Gasteiger partial charge in [-0.05, 0) is 32.0 Å². The summed E-state index contributed by atoms with van der Waals surface area (Å²) in [6.45, 7) is 3.68. The third-order valence-electron chi connectivity index (χ3n) is 2.15. The number of hydrogen-bond donors (Lipinski definition) is 1. The van der Waals surface area contributed by atoms with Crippen molar-refractivity contribution < 1.29 is 9.13 Å². The fourth-order valence-corrected chi connectivity index (χ4v) is 1.58. The number of hydrogen-bond acceptors (Lipinski definition) is 5. The lowest BCUT2D eigenvalue weighted by molar-refractivity contribution is 0.222. The van der Waals surface area contributed by atoms with Gasteiger partial charge in [0.05, 0.1) is 11.1 Å². The number of nitrogens with zero attached hydrogens (tertiary/aromatic N) is 3. The summed E-state index contributed by atoms with van der Waals surface area (Å²) >= 11 is 5.72. The molecule has 0 amide bonds. The van der Waals surface area contributed by atoms with Crippen LogP contribution in [0.1, 0.15) is 13.8 Å². The number of halogens is 2. The Kier molecular flexibility index (Phi) is 3.80. The van der Waals surface area contributed by atoms with Gasteiger partial charge in [-0.2, -0.15) is 15.0 Å². The van der Waals surface area contributed by atoms with E-state index in [1.165, 1.54) is 18.2 Å². The predicted molar refractivity (Wildman–Crippen MR) is 70.4 cm³/mol. The van der Waals surface area contributed by atoms with E-state index in [1.54, 1.807) is 0 Å². The van der Waals surface area contributed by atoms with Crippen LogP contribution >= 0.6 is 11.6 Å². The summed E-state index contributed by atoms with van der Waals surface area (Å²) in [4.78, 5) is 12.0. The second kappa shape index (κ2) is 5.36. The Labute approximate surface area is 114 Å². The van der Waals surface area contributed by atoms with Gasteiger partial charge in [-0.3, -0.25) is 0 Å². The highest BCUT2D eigenvalue weighted by atomic mass is 35.5. The van der Waals surface area contributed by atoms with Gasteiger partial charge >= 0.3 is 6.01 Å². The van der Waals surface area contributed by atoms with Crippen molar-refractivity contribution >= 4 is 17.5 Å². The first-order valence-corrected chi connectivity index (χ1v) is 5.97. The molecule has 2 rings (SSSR count). The zero-order chi connectivity index (χ0) is 14.0. The summed E-state index contributed by atoms with van der Waals surface area (Å²) in [6, 6.07) is 4.29. The fraction of sp³-hybridized carbons (Fsp3) is 0.250. The van der Waals surface area contributed by atoms with Crippen LogP contribution in [0, 0.1) is 5.82 Å². The average molecular weight is 283 g/mol. The Morgan fingerprint density at radius 1 is 1.26 bits per heavy atom. The quantitative estimate of drug-likeness (QED) is 0.937. The average Bonchev–Trinajstić information content (AvgIpc) is 2.31. The molecule has 0 spiro atoms. The number of nitrogen functional groups attached to an aromatic ring is 1. The van der Waals surface area contributed by atoms with Gasteiger partial charge in [0, 0.05) is 5.56 Å². The Hall–Kier alpha value is -1.95. The third kappa shape index (κ3) is 3.29. The lowest BCUT2D eigenvalue weighted by Crippen LogP contribution is -2.11. The van der Waals surface area contributed by atoms with Crippen molar-refractivity contribution in [2.24, 2.45) is 0 Å². The van der Waals surface area contributed by atoms with Gasteiger partial charge in [0.1, 0.15) is 5.82 Å². The zero-order valence-electron chi connectivity index (χ0n) is 10.4. The van der Waals surface area contributed by atoms with Crippen molar-refractivity contribution in [3.63, 3.8) is 0 Å². The number of rotatable bonds is 3. The summed E-state index contributed by atoms with van der Waals surface area (Å²) in [5.41, 5.74) is 6.13. The van der Waals surface area contributed by atoms with E-state index >= 15 is 0 Å². The number of ether oxygens (including phenoxy) is 1. The first-order valence-electron chi connectivity index (χ1n) is 5.59. The van der Waals surface area contributed by atoms with E-state index in [9.17, 15) is 4.39 Å². The number of anilines is 1. The molecule has 2 N–H and O–H groups in total. The molecule has 0 fully saturated rings. The standard InChI is InChI=1S/C12H12ClFN4O/c1-6(2)19-12-17-10(16-11(15)18-12)7-3-4-9(14)8(13)5-7/h3-6H,1-2H3,(H2,15,16,17,18).